The van der Waals surface area contributed by atoms with Gasteiger partial charge < -0.3 is 10.1 Å². The van der Waals surface area contributed by atoms with Gasteiger partial charge >= 0.3 is 5.97 Å². The van der Waals surface area contributed by atoms with E-state index in [1.54, 1.807) is 24.3 Å². The minimum Gasteiger partial charge on any atom is -0.467 e. The summed E-state index contributed by atoms with van der Waals surface area (Å²) in [6, 6.07) is 9.82. The van der Waals surface area contributed by atoms with Gasteiger partial charge in [0.05, 0.1) is 23.3 Å². The lowest BCUT2D eigenvalue weighted by atomic mass is 10.0. The number of hydrogen-bond donors (Lipinski definition) is 1. The number of fused-ring (bicyclic) bond motifs is 1. The summed E-state index contributed by atoms with van der Waals surface area (Å²) in [6.45, 7) is 0. The van der Waals surface area contributed by atoms with E-state index in [-0.39, 0.29) is 40.4 Å². The minimum absolute atomic E-state index is 0.00350. The maximum Gasteiger partial charge on any atom is 0.328 e. The molecule has 2 aromatic carbocycles. The second-order valence-corrected chi connectivity index (χ2v) is 9.04. The van der Waals surface area contributed by atoms with E-state index in [0.717, 1.165) is 5.56 Å². The molecule has 7 nitrogen and oxygen atoms in total. The van der Waals surface area contributed by atoms with E-state index in [0.29, 0.717) is 5.02 Å². The standard InChI is InChI=1S/C20H18ClNO6S/c1-28-20(25)16(11-12-5-7-13(21)8-6-12)22-19(24)15-4-2-3-14-17(23)9-10-29(26,27)18(14)15/h2-8,16H,9-11H2,1H3,(H,22,24)/t16-/m0/s1. The molecule has 1 aliphatic rings. The minimum atomic E-state index is -3.79. The van der Waals surface area contributed by atoms with Crippen LogP contribution in [-0.4, -0.2) is 45.0 Å². The number of halogens is 1. The maximum atomic E-state index is 12.9. The molecule has 0 saturated heterocycles. The average Bonchev–Trinajstić information content (AvgIpc) is 2.71. The van der Waals surface area contributed by atoms with Crippen LogP contribution < -0.4 is 5.32 Å². The molecule has 3 rings (SSSR count). The van der Waals surface area contributed by atoms with Crippen molar-refractivity contribution in [3.8, 4) is 0 Å². The van der Waals surface area contributed by atoms with Crippen LogP contribution in [0.25, 0.3) is 0 Å². The molecular weight excluding hydrogens is 418 g/mol. The van der Waals surface area contributed by atoms with Crippen molar-refractivity contribution in [2.45, 2.75) is 23.8 Å². The number of nitrogens with one attached hydrogen (secondary N) is 1. The third-order valence-electron chi connectivity index (χ3n) is 4.61. The molecule has 0 saturated carbocycles. The first kappa shape index (κ1) is 21.0. The Bertz CT molecular complexity index is 1080. The number of sulfone groups is 1. The summed E-state index contributed by atoms with van der Waals surface area (Å²) in [5.41, 5.74) is 0.555. The molecule has 0 unspecified atom stereocenters. The van der Waals surface area contributed by atoms with Crippen LogP contribution in [0.4, 0.5) is 0 Å². The lowest BCUT2D eigenvalue weighted by molar-refractivity contribution is -0.142. The molecule has 1 heterocycles. The van der Waals surface area contributed by atoms with E-state index in [1.807, 2.05) is 0 Å². The summed E-state index contributed by atoms with van der Waals surface area (Å²) < 4.78 is 29.8. The summed E-state index contributed by atoms with van der Waals surface area (Å²) in [7, 11) is -2.60. The Morgan fingerprint density at radius 1 is 1.17 bits per heavy atom. The second-order valence-electron chi connectivity index (χ2n) is 6.55. The van der Waals surface area contributed by atoms with Gasteiger partial charge in [-0.05, 0) is 23.8 Å². The first-order chi connectivity index (χ1) is 13.7. The molecule has 0 bridgehead atoms. The van der Waals surface area contributed by atoms with Gasteiger partial charge in [-0.15, -0.1) is 0 Å². The average molecular weight is 436 g/mol. The van der Waals surface area contributed by atoms with Gasteiger partial charge in [0, 0.05) is 23.4 Å². The van der Waals surface area contributed by atoms with Gasteiger partial charge in [-0.25, -0.2) is 13.2 Å². The molecule has 1 atom stereocenters. The largest absolute Gasteiger partial charge is 0.467 e. The topological polar surface area (TPSA) is 107 Å². The number of ether oxygens (including phenoxy) is 1. The summed E-state index contributed by atoms with van der Waals surface area (Å²) in [5.74, 6) is -2.15. The zero-order valence-electron chi connectivity index (χ0n) is 15.5. The molecule has 1 aliphatic heterocycles. The Hall–Kier alpha value is -2.71. The molecule has 2 aromatic rings. The second kappa shape index (κ2) is 8.34. The van der Waals surface area contributed by atoms with Crippen molar-refractivity contribution < 1.29 is 27.5 Å². The molecular formula is C20H18ClNO6S. The predicted octanol–water partition coefficient (Wildman–Crippen LogP) is 2.21. The number of carbonyl (C=O) groups excluding carboxylic acids is 3. The molecule has 0 aliphatic carbocycles. The van der Waals surface area contributed by atoms with Crippen molar-refractivity contribution in [2.24, 2.45) is 0 Å². The van der Waals surface area contributed by atoms with Gasteiger partial charge in [0.15, 0.2) is 15.6 Å². The molecule has 0 fully saturated rings. The smallest absolute Gasteiger partial charge is 0.328 e. The third-order valence-corrected chi connectivity index (χ3v) is 6.67. The lowest BCUT2D eigenvalue weighted by Gasteiger charge is -2.21. The Kier molecular flexibility index (Phi) is 6.04. The number of esters is 1. The van der Waals surface area contributed by atoms with Crippen LogP contribution in [0.5, 0.6) is 0 Å². The summed E-state index contributed by atoms with van der Waals surface area (Å²) >= 11 is 5.86. The van der Waals surface area contributed by atoms with Crippen molar-refractivity contribution in [1.29, 1.82) is 0 Å². The highest BCUT2D eigenvalue weighted by Crippen LogP contribution is 2.28. The molecule has 1 amide bonds. The molecule has 152 valence electrons. The van der Waals surface area contributed by atoms with E-state index in [4.69, 9.17) is 16.3 Å². The van der Waals surface area contributed by atoms with Crippen molar-refractivity contribution in [3.05, 3.63) is 64.2 Å². The van der Waals surface area contributed by atoms with Gasteiger partial charge in [0.25, 0.3) is 5.91 Å². The lowest BCUT2D eigenvalue weighted by Crippen LogP contribution is -2.43. The summed E-state index contributed by atoms with van der Waals surface area (Å²) in [6.07, 6.45) is -0.00194. The van der Waals surface area contributed by atoms with E-state index < -0.39 is 27.8 Å². The zero-order chi connectivity index (χ0) is 21.2. The fourth-order valence-corrected chi connectivity index (χ4v) is 4.96. The number of carbonyl (C=O) groups is 3. The van der Waals surface area contributed by atoms with E-state index in [9.17, 15) is 22.8 Å². The summed E-state index contributed by atoms with van der Waals surface area (Å²) in [5, 5.41) is 3.05. The van der Waals surface area contributed by atoms with Crippen LogP contribution >= 0.6 is 11.6 Å². The van der Waals surface area contributed by atoms with Gasteiger partial charge in [0.2, 0.25) is 0 Å². The number of amides is 1. The van der Waals surface area contributed by atoms with Gasteiger partial charge in [-0.1, -0.05) is 35.9 Å². The van der Waals surface area contributed by atoms with Gasteiger partial charge in [-0.3, -0.25) is 9.59 Å². The van der Waals surface area contributed by atoms with Crippen LogP contribution in [-0.2, 0) is 25.8 Å². The quantitative estimate of drug-likeness (QED) is 0.721. The van der Waals surface area contributed by atoms with Crippen molar-refractivity contribution in [1.82, 2.24) is 5.32 Å². The van der Waals surface area contributed by atoms with Crippen molar-refractivity contribution in [3.63, 3.8) is 0 Å². The normalized spacial score (nSPS) is 15.9. The SMILES string of the molecule is COC(=O)[C@H](Cc1ccc(Cl)cc1)NC(=O)c1cccc2c1S(=O)(=O)CCC2=O. The highest BCUT2D eigenvalue weighted by Gasteiger charge is 2.34. The number of methoxy groups -OCH3 is 1. The van der Waals surface area contributed by atoms with Crippen LogP contribution in [0, 0.1) is 0 Å². The molecule has 0 radical (unpaired) electrons. The molecule has 0 spiro atoms. The molecule has 29 heavy (non-hydrogen) atoms. The Labute approximate surface area is 172 Å². The fourth-order valence-electron chi connectivity index (χ4n) is 3.16. The monoisotopic (exact) mass is 435 g/mol. The first-order valence-corrected chi connectivity index (χ1v) is 10.8. The van der Waals surface area contributed by atoms with Gasteiger partial charge in [-0.2, -0.15) is 0 Å². The van der Waals surface area contributed by atoms with Crippen LogP contribution in [0.2, 0.25) is 5.02 Å². The Morgan fingerprint density at radius 3 is 2.52 bits per heavy atom. The van der Waals surface area contributed by atoms with E-state index in [1.165, 1.54) is 25.3 Å². The number of Topliss-reactive ketones (excluding diaryl/α,β-unsaturated/α-hetero) is 1. The number of ketones is 1. The number of hydrogen-bond acceptors (Lipinski definition) is 6. The molecule has 1 N–H and O–H groups in total. The number of rotatable bonds is 5. The Morgan fingerprint density at radius 2 is 1.86 bits per heavy atom. The fraction of sp³-hybridized carbons (Fsp3) is 0.250. The highest BCUT2D eigenvalue weighted by molar-refractivity contribution is 7.91. The molecule has 9 heteroatoms. The van der Waals surface area contributed by atoms with E-state index >= 15 is 0 Å². The summed E-state index contributed by atoms with van der Waals surface area (Å²) in [4.78, 5) is 36.9. The van der Waals surface area contributed by atoms with Crippen LogP contribution in [0.15, 0.2) is 47.4 Å². The van der Waals surface area contributed by atoms with Crippen LogP contribution in [0.1, 0.15) is 32.7 Å². The Balaban J connectivity index is 1.93. The molecule has 0 aromatic heterocycles. The highest BCUT2D eigenvalue weighted by atomic mass is 35.5. The first-order valence-electron chi connectivity index (χ1n) is 8.75. The van der Waals surface area contributed by atoms with Crippen molar-refractivity contribution >= 4 is 39.1 Å². The predicted molar refractivity (Wildman–Crippen MR) is 106 cm³/mol. The van der Waals surface area contributed by atoms with Gasteiger partial charge in [0.1, 0.15) is 6.04 Å². The van der Waals surface area contributed by atoms with Crippen molar-refractivity contribution in [2.75, 3.05) is 12.9 Å². The zero-order valence-corrected chi connectivity index (χ0v) is 17.0. The third kappa shape index (κ3) is 4.49. The van der Waals surface area contributed by atoms with E-state index in [2.05, 4.69) is 5.32 Å². The number of benzene rings is 2. The maximum absolute atomic E-state index is 12.9. The van der Waals surface area contributed by atoms with Crippen LogP contribution in [0.3, 0.4) is 0 Å².